The molecule has 6 heteroatoms. The smallest absolute Gasteiger partial charge is 0.246 e. The third-order valence-electron chi connectivity index (χ3n) is 3.40. The van der Waals surface area contributed by atoms with E-state index in [9.17, 15) is 4.79 Å². The van der Waals surface area contributed by atoms with Crippen molar-refractivity contribution < 1.29 is 14.4 Å². The highest BCUT2D eigenvalue weighted by molar-refractivity contribution is 5.88. The Balaban J connectivity index is 1.53. The Morgan fingerprint density at radius 1 is 1.39 bits per heavy atom. The van der Waals surface area contributed by atoms with Gasteiger partial charge < -0.3 is 9.64 Å². The molecule has 3 rings (SSSR count). The molecule has 3 aliphatic heterocycles. The van der Waals surface area contributed by atoms with Gasteiger partial charge in [0.2, 0.25) is 5.91 Å². The molecule has 0 radical (unpaired) electrons. The first-order valence-electron chi connectivity index (χ1n) is 6.37. The van der Waals surface area contributed by atoms with Gasteiger partial charge in [-0.05, 0) is 18.9 Å². The summed E-state index contributed by atoms with van der Waals surface area (Å²) in [4.78, 5) is 23.3. The highest BCUT2D eigenvalue weighted by Gasteiger charge is 2.29. The molecule has 2 saturated heterocycles. The summed E-state index contributed by atoms with van der Waals surface area (Å²) in [6.07, 6.45) is 5.06. The number of hydrogen-bond donors (Lipinski definition) is 1. The van der Waals surface area contributed by atoms with E-state index in [0.717, 1.165) is 31.8 Å². The lowest BCUT2D eigenvalue weighted by Gasteiger charge is -2.24. The third kappa shape index (κ3) is 2.39. The predicted octanol–water partition coefficient (Wildman–Crippen LogP) is 0.0708. The van der Waals surface area contributed by atoms with Crippen LogP contribution in [0.3, 0.4) is 0 Å². The largest absolute Gasteiger partial charge is 0.380 e. The number of nitrogens with zero attached hydrogens (tertiary/aromatic N) is 2. The van der Waals surface area contributed by atoms with E-state index >= 15 is 0 Å². The Labute approximate surface area is 106 Å². The quantitative estimate of drug-likeness (QED) is 0.721. The van der Waals surface area contributed by atoms with Crippen LogP contribution in [-0.4, -0.2) is 49.2 Å². The van der Waals surface area contributed by atoms with Crippen LogP contribution in [0.25, 0.3) is 0 Å². The summed E-state index contributed by atoms with van der Waals surface area (Å²) >= 11 is 0. The van der Waals surface area contributed by atoms with E-state index in [-0.39, 0.29) is 5.91 Å². The Morgan fingerprint density at radius 3 is 2.83 bits per heavy atom. The third-order valence-corrected chi connectivity index (χ3v) is 3.40. The molecule has 6 nitrogen and oxygen atoms in total. The molecule has 0 aromatic rings. The summed E-state index contributed by atoms with van der Waals surface area (Å²) in [6.45, 7) is 3.11. The fourth-order valence-electron chi connectivity index (χ4n) is 2.18. The zero-order valence-corrected chi connectivity index (χ0v) is 10.2. The Kier molecular flexibility index (Phi) is 3.29. The van der Waals surface area contributed by atoms with E-state index in [0.29, 0.717) is 19.1 Å². The maximum atomic E-state index is 11.8. The number of carbonyl (C=O) groups is 1. The van der Waals surface area contributed by atoms with Crippen molar-refractivity contribution in [3.05, 3.63) is 12.2 Å². The molecule has 0 aromatic carbocycles. The summed E-state index contributed by atoms with van der Waals surface area (Å²) in [5.74, 6) is 1.19. The monoisotopic (exact) mass is 251 g/mol. The second-order valence-corrected chi connectivity index (χ2v) is 4.75. The Morgan fingerprint density at radius 2 is 2.17 bits per heavy atom. The first-order valence-corrected chi connectivity index (χ1v) is 6.37. The first kappa shape index (κ1) is 11.7. The van der Waals surface area contributed by atoms with E-state index < -0.39 is 6.23 Å². The summed E-state index contributed by atoms with van der Waals surface area (Å²) in [5, 5.41) is 0. The Bertz CT molecular complexity index is 384. The number of hydrogen-bond acceptors (Lipinski definition) is 5. The zero-order valence-electron chi connectivity index (χ0n) is 10.2. The molecular formula is C12H17N3O3. The molecule has 1 N–H and O–H groups in total. The number of amidine groups is 1. The van der Waals surface area contributed by atoms with Crippen LogP contribution in [0, 0.1) is 5.92 Å². The fourth-order valence-corrected chi connectivity index (χ4v) is 2.18. The van der Waals surface area contributed by atoms with Crippen molar-refractivity contribution in [2.24, 2.45) is 10.9 Å². The standard InChI is InChI=1S/C12H17N3O3/c16-11(15-5-1-2-6-15)4-3-10-13-12(14-18-10)9-7-17-8-9/h3-4,9-10H,1-2,5-8H2,(H,13,14)/b4-3+. The van der Waals surface area contributed by atoms with Gasteiger partial charge in [0.1, 0.15) is 5.84 Å². The van der Waals surface area contributed by atoms with Crippen LogP contribution in [-0.2, 0) is 14.4 Å². The minimum absolute atomic E-state index is 0.0479. The lowest BCUT2D eigenvalue weighted by Crippen LogP contribution is -2.39. The van der Waals surface area contributed by atoms with E-state index in [4.69, 9.17) is 9.57 Å². The number of amides is 1. The van der Waals surface area contributed by atoms with E-state index in [1.807, 2.05) is 4.90 Å². The van der Waals surface area contributed by atoms with E-state index in [1.54, 1.807) is 12.2 Å². The van der Waals surface area contributed by atoms with Crippen molar-refractivity contribution in [2.45, 2.75) is 19.1 Å². The number of aliphatic imine (C=N–C) groups is 1. The lowest BCUT2D eigenvalue weighted by molar-refractivity contribution is -0.125. The molecule has 3 heterocycles. The van der Waals surface area contributed by atoms with Gasteiger partial charge in [0.05, 0.1) is 19.1 Å². The van der Waals surface area contributed by atoms with Crippen molar-refractivity contribution in [2.75, 3.05) is 26.3 Å². The summed E-state index contributed by atoms with van der Waals surface area (Å²) in [7, 11) is 0. The molecule has 0 saturated carbocycles. The van der Waals surface area contributed by atoms with Gasteiger partial charge in [-0.1, -0.05) is 0 Å². The van der Waals surface area contributed by atoms with Crippen molar-refractivity contribution in [3.63, 3.8) is 0 Å². The average Bonchev–Trinajstić information content (AvgIpc) is 2.94. The summed E-state index contributed by atoms with van der Waals surface area (Å²) in [5.41, 5.74) is 2.80. The molecule has 0 bridgehead atoms. The van der Waals surface area contributed by atoms with Crippen molar-refractivity contribution in [3.8, 4) is 0 Å². The van der Waals surface area contributed by atoms with Crippen LogP contribution in [0.2, 0.25) is 0 Å². The van der Waals surface area contributed by atoms with Crippen LogP contribution in [0.1, 0.15) is 12.8 Å². The van der Waals surface area contributed by atoms with Gasteiger partial charge in [0, 0.05) is 19.2 Å². The summed E-state index contributed by atoms with van der Waals surface area (Å²) < 4.78 is 5.09. The van der Waals surface area contributed by atoms with Crippen molar-refractivity contribution in [1.82, 2.24) is 10.4 Å². The number of hydroxylamine groups is 1. The van der Waals surface area contributed by atoms with Gasteiger partial charge in [-0.15, -0.1) is 0 Å². The SMILES string of the molecule is O=C(/C=C/C1N=C(C2COC2)NO1)N1CCCC1. The van der Waals surface area contributed by atoms with Crippen molar-refractivity contribution >= 4 is 11.7 Å². The van der Waals surface area contributed by atoms with Gasteiger partial charge in [0.25, 0.3) is 0 Å². The molecule has 0 spiro atoms. The van der Waals surface area contributed by atoms with Gasteiger partial charge in [-0.2, -0.15) is 0 Å². The van der Waals surface area contributed by atoms with Crippen molar-refractivity contribution in [1.29, 1.82) is 0 Å². The summed E-state index contributed by atoms with van der Waals surface area (Å²) in [6, 6.07) is 0. The normalized spacial score (nSPS) is 28.3. The minimum Gasteiger partial charge on any atom is -0.380 e. The number of carbonyl (C=O) groups excluding carboxylic acids is 1. The van der Waals surface area contributed by atoms with E-state index in [2.05, 4.69) is 10.5 Å². The number of nitrogens with one attached hydrogen (secondary N) is 1. The second kappa shape index (κ2) is 5.07. The van der Waals surface area contributed by atoms with Gasteiger partial charge in [-0.25, -0.2) is 15.3 Å². The molecule has 1 amide bonds. The molecule has 3 aliphatic rings. The number of likely N-dealkylation sites (tertiary alicyclic amines) is 1. The zero-order chi connectivity index (χ0) is 12.4. The Hall–Kier alpha value is -1.40. The average molecular weight is 251 g/mol. The number of ether oxygens (including phenoxy) is 1. The molecule has 1 atom stereocenters. The minimum atomic E-state index is -0.396. The molecule has 98 valence electrons. The first-order chi connectivity index (χ1) is 8.83. The van der Waals surface area contributed by atoms with Crippen LogP contribution in [0.5, 0.6) is 0 Å². The van der Waals surface area contributed by atoms with Crippen LogP contribution >= 0.6 is 0 Å². The maximum Gasteiger partial charge on any atom is 0.246 e. The van der Waals surface area contributed by atoms with E-state index in [1.165, 1.54) is 0 Å². The lowest BCUT2D eigenvalue weighted by atomic mass is 10.1. The molecule has 0 aromatic heterocycles. The molecule has 2 fully saturated rings. The molecule has 0 aliphatic carbocycles. The topological polar surface area (TPSA) is 63.2 Å². The highest BCUT2D eigenvalue weighted by Crippen LogP contribution is 2.16. The fraction of sp³-hybridized carbons (Fsp3) is 0.667. The molecule has 1 unspecified atom stereocenters. The van der Waals surface area contributed by atoms with Gasteiger partial charge in [-0.3, -0.25) is 4.79 Å². The molecular weight excluding hydrogens is 234 g/mol. The van der Waals surface area contributed by atoms with Gasteiger partial charge in [0.15, 0.2) is 6.23 Å². The predicted molar refractivity (Wildman–Crippen MR) is 64.7 cm³/mol. The van der Waals surface area contributed by atoms with Crippen LogP contribution < -0.4 is 5.48 Å². The molecule has 18 heavy (non-hydrogen) atoms. The highest BCUT2D eigenvalue weighted by atomic mass is 16.7. The number of rotatable bonds is 3. The van der Waals surface area contributed by atoms with Gasteiger partial charge >= 0.3 is 0 Å². The second-order valence-electron chi connectivity index (χ2n) is 4.75. The van der Waals surface area contributed by atoms with Crippen LogP contribution in [0.15, 0.2) is 17.1 Å². The van der Waals surface area contributed by atoms with Crippen LogP contribution in [0.4, 0.5) is 0 Å². The maximum absolute atomic E-state index is 11.8.